The fourth-order valence-corrected chi connectivity index (χ4v) is 2.91. The van der Waals surface area contributed by atoms with Crippen LogP contribution in [-0.4, -0.2) is 0 Å². The fourth-order valence-electron chi connectivity index (χ4n) is 2.91. The van der Waals surface area contributed by atoms with Gasteiger partial charge in [-0.05, 0) is 22.9 Å². The molecule has 0 N–H and O–H groups in total. The molecule has 4 rings (SSSR count). The highest BCUT2D eigenvalue weighted by atomic mass is 14.9. The molecular formula is C18H14N+. The summed E-state index contributed by atoms with van der Waals surface area (Å²) >= 11 is 0. The van der Waals surface area contributed by atoms with Crippen molar-refractivity contribution >= 4 is 27.1 Å². The molecule has 0 saturated carbocycles. The van der Waals surface area contributed by atoms with Gasteiger partial charge in [-0.15, -0.1) is 0 Å². The number of nitrogens with zero attached hydrogens (tertiary/aromatic N) is 1. The Morgan fingerprint density at radius 1 is 0.737 bits per heavy atom. The lowest BCUT2D eigenvalue weighted by Gasteiger charge is -2.03. The number of rotatable bonds is 0. The maximum Gasteiger partial charge on any atom is 0.219 e. The molecule has 19 heavy (non-hydrogen) atoms. The molecule has 0 aliphatic carbocycles. The Bertz CT molecular complexity index is 922. The zero-order valence-corrected chi connectivity index (χ0v) is 10.8. The monoisotopic (exact) mass is 244 g/mol. The predicted molar refractivity (Wildman–Crippen MR) is 79.4 cm³/mol. The van der Waals surface area contributed by atoms with Gasteiger partial charge >= 0.3 is 0 Å². The number of pyridine rings is 2. The Hall–Kier alpha value is -2.41. The second kappa shape index (κ2) is 3.79. The summed E-state index contributed by atoms with van der Waals surface area (Å²) in [6.07, 6.45) is 2.17. The molecule has 2 heterocycles. The lowest BCUT2D eigenvalue weighted by molar-refractivity contribution is -0.516. The van der Waals surface area contributed by atoms with Crippen LogP contribution < -0.4 is 4.40 Å². The lowest BCUT2D eigenvalue weighted by Crippen LogP contribution is -2.25. The molecule has 90 valence electrons. The first-order valence-electron chi connectivity index (χ1n) is 6.56. The molecule has 0 spiro atoms. The Morgan fingerprint density at radius 2 is 1.42 bits per heavy atom. The highest BCUT2D eigenvalue weighted by Crippen LogP contribution is 2.22. The van der Waals surface area contributed by atoms with Crippen LogP contribution in [0.3, 0.4) is 0 Å². The lowest BCUT2D eigenvalue weighted by atomic mass is 10.1. The first-order valence-corrected chi connectivity index (χ1v) is 6.56. The molecule has 0 radical (unpaired) electrons. The molecule has 0 unspecified atom stereocenters. The number of hydrogen-bond donors (Lipinski definition) is 0. The molecule has 0 saturated heterocycles. The summed E-state index contributed by atoms with van der Waals surface area (Å²) in [6.45, 7) is 2.18. The number of fused-ring (bicyclic) bond motifs is 4. The summed E-state index contributed by atoms with van der Waals surface area (Å²) in [5, 5.41) is 5.21. The summed E-state index contributed by atoms with van der Waals surface area (Å²) in [4.78, 5) is 0. The Kier molecular flexibility index (Phi) is 2.10. The van der Waals surface area contributed by atoms with Crippen LogP contribution in [-0.2, 0) is 0 Å². The predicted octanol–water partition coefficient (Wildman–Crippen LogP) is 4.04. The minimum atomic E-state index is 1.27. The van der Waals surface area contributed by atoms with E-state index in [1.54, 1.807) is 0 Å². The molecular weight excluding hydrogens is 230 g/mol. The van der Waals surface area contributed by atoms with E-state index in [1.807, 2.05) is 0 Å². The summed E-state index contributed by atoms with van der Waals surface area (Å²) in [5.41, 5.74) is 2.56. The number of aromatic nitrogens is 1. The van der Waals surface area contributed by atoms with Crippen molar-refractivity contribution in [3.05, 3.63) is 72.6 Å². The normalized spacial score (nSPS) is 11.4. The Balaban J connectivity index is 2.32. The van der Waals surface area contributed by atoms with Crippen molar-refractivity contribution in [1.82, 2.24) is 0 Å². The van der Waals surface area contributed by atoms with Crippen molar-refractivity contribution in [3.8, 4) is 0 Å². The third kappa shape index (κ3) is 1.45. The summed E-state index contributed by atoms with van der Waals surface area (Å²) in [7, 11) is 0. The van der Waals surface area contributed by atoms with Crippen LogP contribution in [0.5, 0.6) is 0 Å². The zero-order valence-electron chi connectivity index (χ0n) is 10.8. The third-order valence-corrected chi connectivity index (χ3v) is 3.90. The van der Waals surface area contributed by atoms with Crippen LogP contribution >= 0.6 is 0 Å². The molecule has 4 aromatic rings. The van der Waals surface area contributed by atoms with Gasteiger partial charge in [0.1, 0.15) is 0 Å². The van der Waals surface area contributed by atoms with Gasteiger partial charge < -0.3 is 0 Å². The van der Waals surface area contributed by atoms with Crippen LogP contribution in [0.1, 0.15) is 5.69 Å². The van der Waals surface area contributed by atoms with Crippen LogP contribution in [0.25, 0.3) is 27.1 Å². The van der Waals surface area contributed by atoms with E-state index in [2.05, 4.69) is 78.2 Å². The van der Waals surface area contributed by atoms with Gasteiger partial charge in [-0.2, -0.15) is 4.40 Å². The minimum absolute atomic E-state index is 1.27. The average Bonchev–Trinajstić information content (AvgIpc) is 2.47. The van der Waals surface area contributed by atoms with Gasteiger partial charge in [0, 0.05) is 24.4 Å². The van der Waals surface area contributed by atoms with E-state index in [0.29, 0.717) is 0 Å². The molecule has 1 nitrogen and oxygen atoms in total. The van der Waals surface area contributed by atoms with Gasteiger partial charge in [0.2, 0.25) is 5.52 Å². The van der Waals surface area contributed by atoms with Gasteiger partial charge in [0.25, 0.3) is 0 Å². The molecule has 0 bridgehead atoms. The van der Waals surface area contributed by atoms with E-state index in [9.17, 15) is 0 Å². The maximum absolute atomic E-state index is 2.28. The van der Waals surface area contributed by atoms with Crippen molar-refractivity contribution in [1.29, 1.82) is 0 Å². The fraction of sp³-hybridized carbons (Fsp3) is 0.0556. The minimum Gasteiger partial charge on any atom is -0.164 e. The largest absolute Gasteiger partial charge is 0.219 e. The molecule has 2 aromatic heterocycles. The Morgan fingerprint density at radius 3 is 2.26 bits per heavy atom. The average molecular weight is 244 g/mol. The summed E-state index contributed by atoms with van der Waals surface area (Å²) < 4.78 is 2.28. The van der Waals surface area contributed by atoms with E-state index in [1.165, 1.54) is 32.8 Å². The highest BCUT2D eigenvalue weighted by Gasteiger charge is 2.13. The smallest absolute Gasteiger partial charge is 0.164 e. The van der Waals surface area contributed by atoms with E-state index in [0.717, 1.165) is 0 Å². The van der Waals surface area contributed by atoms with Crippen LogP contribution in [0.4, 0.5) is 0 Å². The SMILES string of the molecule is Cc1c2ccccc2cc2c3ccccc3cc[n+]12. The molecule has 0 aliphatic heterocycles. The number of hydrogen-bond acceptors (Lipinski definition) is 0. The van der Waals surface area contributed by atoms with E-state index in [-0.39, 0.29) is 0 Å². The van der Waals surface area contributed by atoms with Crippen molar-refractivity contribution in [2.24, 2.45) is 0 Å². The molecule has 0 fully saturated rings. The quantitative estimate of drug-likeness (QED) is 0.250. The standard InChI is InChI=1S/C18H14N/c1-13-16-8-4-3-7-15(16)12-18-17-9-5-2-6-14(17)10-11-19(13)18/h2-12H,1H3/q+1. The molecule has 0 amide bonds. The van der Waals surface area contributed by atoms with Crippen LogP contribution in [0.15, 0.2) is 66.9 Å². The van der Waals surface area contributed by atoms with Crippen molar-refractivity contribution in [3.63, 3.8) is 0 Å². The molecule has 0 atom stereocenters. The van der Waals surface area contributed by atoms with Gasteiger partial charge in [-0.3, -0.25) is 0 Å². The molecule has 1 heteroatoms. The number of benzene rings is 2. The summed E-state index contributed by atoms with van der Waals surface area (Å²) in [6, 6.07) is 21.6. The Labute approximate surface area is 111 Å². The highest BCUT2D eigenvalue weighted by molar-refractivity contribution is 5.97. The van der Waals surface area contributed by atoms with E-state index in [4.69, 9.17) is 0 Å². The van der Waals surface area contributed by atoms with Crippen LogP contribution in [0, 0.1) is 6.92 Å². The second-order valence-corrected chi connectivity index (χ2v) is 4.98. The van der Waals surface area contributed by atoms with Gasteiger partial charge in [-0.1, -0.05) is 36.4 Å². The maximum atomic E-state index is 2.28. The first-order chi connectivity index (χ1) is 9.34. The number of aryl methyl sites for hydroxylation is 1. The van der Waals surface area contributed by atoms with Gasteiger partial charge in [0.05, 0.1) is 5.39 Å². The molecule has 0 aliphatic rings. The van der Waals surface area contributed by atoms with Gasteiger partial charge in [0.15, 0.2) is 11.9 Å². The van der Waals surface area contributed by atoms with Crippen molar-refractivity contribution in [2.75, 3.05) is 0 Å². The summed E-state index contributed by atoms with van der Waals surface area (Å²) in [5.74, 6) is 0. The van der Waals surface area contributed by atoms with Gasteiger partial charge in [-0.25, -0.2) is 0 Å². The topological polar surface area (TPSA) is 4.10 Å². The van der Waals surface area contributed by atoms with Crippen LogP contribution in [0.2, 0.25) is 0 Å². The van der Waals surface area contributed by atoms with E-state index < -0.39 is 0 Å². The zero-order chi connectivity index (χ0) is 12.8. The third-order valence-electron chi connectivity index (χ3n) is 3.90. The van der Waals surface area contributed by atoms with Crippen molar-refractivity contribution in [2.45, 2.75) is 6.92 Å². The molecule has 2 aromatic carbocycles. The first kappa shape index (κ1) is 10.5. The van der Waals surface area contributed by atoms with E-state index >= 15 is 0 Å². The second-order valence-electron chi connectivity index (χ2n) is 4.98. The van der Waals surface area contributed by atoms with Crippen molar-refractivity contribution < 1.29 is 4.40 Å².